The quantitative estimate of drug-likeness (QED) is 0.623. The second-order valence-corrected chi connectivity index (χ2v) is 4.50. The molecule has 0 unspecified atom stereocenters. The van der Waals surface area contributed by atoms with E-state index in [-0.39, 0.29) is 0 Å². The molecule has 0 atom stereocenters. The Morgan fingerprint density at radius 3 is 2.50 bits per heavy atom. The van der Waals surface area contributed by atoms with Crippen LogP contribution in [0.1, 0.15) is 11.1 Å². The molecule has 0 saturated heterocycles. The molecule has 0 radical (unpaired) electrons. The lowest BCUT2D eigenvalue weighted by Crippen LogP contribution is -1.81. The standard InChI is InChI=1S/C18H14N2/c1-19-16-10-7-14(8-11-16)6-9-15-12-13-20-18-5-3-2-4-17(15)18/h2-13H,1H2/b9-6+. The van der Waals surface area contributed by atoms with Crippen LogP contribution in [-0.2, 0) is 0 Å². The van der Waals surface area contributed by atoms with Crippen molar-refractivity contribution < 1.29 is 0 Å². The van der Waals surface area contributed by atoms with Crippen molar-refractivity contribution in [2.24, 2.45) is 4.99 Å². The number of aromatic nitrogens is 1. The number of benzene rings is 2. The zero-order valence-electron chi connectivity index (χ0n) is 11.0. The van der Waals surface area contributed by atoms with Crippen molar-refractivity contribution in [1.29, 1.82) is 0 Å². The Balaban J connectivity index is 1.95. The summed E-state index contributed by atoms with van der Waals surface area (Å²) in [5, 5.41) is 1.16. The van der Waals surface area contributed by atoms with Crippen molar-refractivity contribution >= 4 is 35.5 Å². The molecule has 0 saturated carbocycles. The Morgan fingerprint density at radius 1 is 0.900 bits per heavy atom. The molecule has 0 amide bonds. The van der Waals surface area contributed by atoms with Crippen molar-refractivity contribution in [2.75, 3.05) is 0 Å². The first-order chi connectivity index (χ1) is 9.86. The van der Waals surface area contributed by atoms with Gasteiger partial charge in [-0.2, -0.15) is 0 Å². The van der Waals surface area contributed by atoms with E-state index in [2.05, 4.69) is 34.9 Å². The van der Waals surface area contributed by atoms with Gasteiger partial charge in [0, 0.05) is 11.6 Å². The van der Waals surface area contributed by atoms with Gasteiger partial charge >= 0.3 is 0 Å². The van der Waals surface area contributed by atoms with Gasteiger partial charge in [-0.3, -0.25) is 9.98 Å². The summed E-state index contributed by atoms with van der Waals surface area (Å²) in [5.41, 5.74) is 4.21. The van der Waals surface area contributed by atoms with Gasteiger partial charge in [-0.25, -0.2) is 0 Å². The first-order valence-electron chi connectivity index (χ1n) is 6.45. The Labute approximate surface area is 118 Å². The molecule has 96 valence electrons. The SMILES string of the molecule is C=Nc1ccc(/C=C/c2ccnc3ccccc23)cc1. The van der Waals surface area contributed by atoms with E-state index in [0.29, 0.717) is 0 Å². The van der Waals surface area contributed by atoms with Crippen LogP contribution in [0.3, 0.4) is 0 Å². The number of fused-ring (bicyclic) bond motifs is 1. The summed E-state index contributed by atoms with van der Waals surface area (Å²) in [4.78, 5) is 8.25. The number of pyridine rings is 1. The molecule has 0 aliphatic carbocycles. The summed E-state index contributed by atoms with van der Waals surface area (Å²) in [6.07, 6.45) is 6.04. The van der Waals surface area contributed by atoms with Gasteiger partial charge in [0.05, 0.1) is 11.2 Å². The van der Waals surface area contributed by atoms with E-state index >= 15 is 0 Å². The molecule has 2 aromatic carbocycles. The summed E-state index contributed by atoms with van der Waals surface area (Å²) in [5.74, 6) is 0. The van der Waals surface area contributed by atoms with E-state index in [0.717, 1.165) is 22.2 Å². The van der Waals surface area contributed by atoms with Crippen molar-refractivity contribution in [3.05, 3.63) is 71.9 Å². The average molecular weight is 258 g/mol. The first kappa shape index (κ1) is 12.3. The highest BCUT2D eigenvalue weighted by atomic mass is 14.7. The van der Waals surface area contributed by atoms with E-state index in [1.165, 1.54) is 5.56 Å². The van der Waals surface area contributed by atoms with E-state index in [9.17, 15) is 0 Å². The lowest BCUT2D eigenvalue weighted by Gasteiger charge is -2.01. The summed E-state index contributed by atoms with van der Waals surface area (Å²) in [7, 11) is 0. The van der Waals surface area contributed by atoms with Gasteiger partial charge in [0.1, 0.15) is 0 Å². The molecule has 1 heterocycles. The molecule has 20 heavy (non-hydrogen) atoms. The van der Waals surface area contributed by atoms with Crippen LogP contribution >= 0.6 is 0 Å². The molecule has 0 spiro atoms. The van der Waals surface area contributed by atoms with Gasteiger partial charge < -0.3 is 0 Å². The lowest BCUT2D eigenvalue weighted by atomic mass is 10.1. The molecule has 3 aromatic rings. The highest BCUT2D eigenvalue weighted by molar-refractivity contribution is 5.90. The average Bonchev–Trinajstić information content (AvgIpc) is 2.53. The number of rotatable bonds is 3. The smallest absolute Gasteiger partial charge is 0.0707 e. The second kappa shape index (κ2) is 5.49. The Bertz CT molecular complexity index is 766. The molecule has 0 N–H and O–H groups in total. The Morgan fingerprint density at radius 2 is 1.70 bits per heavy atom. The Kier molecular flexibility index (Phi) is 3.38. The van der Waals surface area contributed by atoms with Crippen LogP contribution in [0.15, 0.2) is 65.8 Å². The molecule has 0 fully saturated rings. The largest absolute Gasteiger partial charge is 0.265 e. The maximum atomic E-state index is 4.37. The summed E-state index contributed by atoms with van der Waals surface area (Å²) >= 11 is 0. The third kappa shape index (κ3) is 2.50. The minimum absolute atomic E-state index is 0.886. The molecule has 1 aromatic heterocycles. The van der Waals surface area contributed by atoms with E-state index < -0.39 is 0 Å². The van der Waals surface area contributed by atoms with Gasteiger partial charge in [-0.1, -0.05) is 42.5 Å². The fraction of sp³-hybridized carbons (Fsp3) is 0. The number of hydrogen-bond donors (Lipinski definition) is 0. The monoisotopic (exact) mass is 258 g/mol. The molecule has 0 aliphatic heterocycles. The van der Waals surface area contributed by atoms with E-state index in [1.807, 2.05) is 54.7 Å². The van der Waals surface area contributed by atoms with Crippen LogP contribution < -0.4 is 0 Å². The van der Waals surface area contributed by atoms with Crippen LogP contribution in [0.5, 0.6) is 0 Å². The maximum absolute atomic E-state index is 4.37. The summed E-state index contributed by atoms with van der Waals surface area (Å²) in [6, 6.07) is 18.2. The number of para-hydroxylation sites is 1. The van der Waals surface area contributed by atoms with Gasteiger partial charge in [-0.15, -0.1) is 0 Å². The van der Waals surface area contributed by atoms with E-state index in [4.69, 9.17) is 0 Å². The summed E-state index contributed by atoms with van der Waals surface area (Å²) < 4.78 is 0. The van der Waals surface area contributed by atoms with E-state index in [1.54, 1.807) is 0 Å². The lowest BCUT2D eigenvalue weighted by molar-refractivity contribution is 1.41. The van der Waals surface area contributed by atoms with Gasteiger partial charge in [0.25, 0.3) is 0 Å². The van der Waals surface area contributed by atoms with Crippen LogP contribution in [-0.4, -0.2) is 11.7 Å². The second-order valence-electron chi connectivity index (χ2n) is 4.50. The van der Waals surface area contributed by atoms with Crippen LogP contribution in [0.2, 0.25) is 0 Å². The van der Waals surface area contributed by atoms with Gasteiger partial charge in [0.2, 0.25) is 0 Å². The zero-order chi connectivity index (χ0) is 13.8. The zero-order valence-corrected chi connectivity index (χ0v) is 11.0. The first-order valence-corrected chi connectivity index (χ1v) is 6.45. The number of hydrogen-bond acceptors (Lipinski definition) is 2. The minimum Gasteiger partial charge on any atom is -0.265 e. The minimum atomic E-state index is 0.886. The van der Waals surface area contributed by atoms with Gasteiger partial charge in [0.15, 0.2) is 0 Å². The third-order valence-electron chi connectivity index (χ3n) is 3.21. The topological polar surface area (TPSA) is 25.2 Å². The van der Waals surface area contributed by atoms with Crippen LogP contribution in [0, 0.1) is 0 Å². The van der Waals surface area contributed by atoms with Crippen molar-refractivity contribution in [2.45, 2.75) is 0 Å². The normalized spacial score (nSPS) is 11.0. The molecule has 2 nitrogen and oxygen atoms in total. The summed E-state index contributed by atoms with van der Waals surface area (Å²) in [6.45, 7) is 3.51. The molecule has 0 bridgehead atoms. The highest BCUT2D eigenvalue weighted by Gasteiger charge is 1.97. The van der Waals surface area contributed by atoms with Crippen molar-refractivity contribution in [3.63, 3.8) is 0 Å². The predicted octanol–water partition coefficient (Wildman–Crippen LogP) is 4.74. The highest BCUT2D eigenvalue weighted by Crippen LogP contribution is 2.19. The van der Waals surface area contributed by atoms with Crippen molar-refractivity contribution in [3.8, 4) is 0 Å². The number of nitrogens with zero attached hydrogens (tertiary/aromatic N) is 2. The fourth-order valence-corrected chi connectivity index (χ4v) is 2.14. The van der Waals surface area contributed by atoms with Crippen molar-refractivity contribution in [1.82, 2.24) is 4.98 Å². The molecular weight excluding hydrogens is 244 g/mol. The van der Waals surface area contributed by atoms with Crippen LogP contribution in [0.25, 0.3) is 23.1 Å². The fourth-order valence-electron chi connectivity index (χ4n) is 2.14. The number of aliphatic imine (C=N–C) groups is 1. The molecule has 0 aliphatic rings. The predicted molar refractivity (Wildman–Crippen MR) is 86.3 cm³/mol. The van der Waals surface area contributed by atoms with Gasteiger partial charge in [-0.05, 0) is 42.1 Å². The Hall–Kier alpha value is -2.74. The molecular formula is C18H14N2. The third-order valence-corrected chi connectivity index (χ3v) is 3.21. The molecule has 2 heteroatoms. The maximum Gasteiger partial charge on any atom is 0.0707 e. The van der Waals surface area contributed by atoms with Crippen LogP contribution in [0.4, 0.5) is 5.69 Å². The molecule has 3 rings (SSSR count).